The van der Waals surface area contributed by atoms with E-state index in [-0.39, 0.29) is 24.0 Å². The van der Waals surface area contributed by atoms with Crippen LogP contribution >= 0.6 is 0 Å². The first kappa shape index (κ1) is 19.8. The van der Waals surface area contributed by atoms with Gasteiger partial charge in [0.25, 0.3) is 0 Å². The highest BCUT2D eigenvalue weighted by molar-refractivity contribution is 5.97. The van der Waals surface area contributed by atoms with Crippen LogP contribution in [0, 0.1) is 5.82 Å². The van der Waals surface area contributed by atoms with Crippen LogP contribution in [0.2, 0.25) is 0 Å². The molecule has 0 fully saturated rings. The number of hydrazine groups is 1. The molecule has 4 N–H and O–H groups in total. The van der Waals surface area contributed by atoms with Gasteiger partial charge in [-0.1, -0.05) is 0 Å². The molecule has 0 amide bonds. The largest absolute Gasteiger partial charge is 0.489 e. The number of aliphatic imine (C=N–C) groups is 1. The maximum absolute atomic E-state index is 13.8. The first-order valence-corrected chi connectivity index (χ1v) is 8.96. The maximum atomic E-state index is 13.8. The molecule has 0 saturated heterocycles. The molecular formula is C19H24FN5O3. The molecule has 2 heterocycles. The van der Waals surface area contributed by atoms with Crippen LogP contribution in [0.3, 0.4) is 0 Å². The summed E-state index contributed by atoms with van der Waals surface area (Å²) in [6.45, 7) is 4.26. The monoisotopic (exact) mass is 389 g/mol. The van der Waals surface area contributed by atoms with Crippen molar-refractivity contribution in [3.05, 3.63) is 53.2 Å². The lowest BCUT2D eigenvalue weighted by Crippen LogP contribution is -2.39. The van der Waals surface area contributed by atoms with Gasteiger partial charge in [-0.05, 0) is 38.1 Å². The van der Waals surface area contributed by atoms with Crippen molar-refractivity contribution in [2.24, 2.45) is 10.7 Å². The van der Waals surface area contributed by atoms with Gasteiger partial charge < -0.3 is 20.9 Å². The SMILES string of the molecule is CC(CN)Oc1ccc(F)cc1C(C)N=C1C=CN2C(=C(C(=O)O)CN2C)N1. The lowest BCUT2D eigenvalue weighted by molar-refractivity contribution is -0.132. The number of likely N-dealkylation sites (N-methyl/N-ethyl adjacent to an activating group) is 1. The Bertz CT molecular complexity index is 867. The van der Waals surface area contributed by atoms with Gasteiger partial charge >= 0.3 is 5.97 Å². The zero-order valence-corrected chi connectivity index (χ0v) is 16.0. The average molecular weight is 389 g/mol. The quantitative estimate of drug-likeness (QED) is 0.679. The minimum Gasteiger partial charge on any atom is -0.489 e. The number of nitrogens with two attached hydrogens (primary N) is 1. The van der Waals surface area contributed by atoms with E-state index in [1.807, 2.05) is 13.8 Å². The van der Waals surface area contributed by atoms with Crippen LogP contribution in [-0.2, 0) is 4.79 Å². The first-order chi connectivity index (χ1) is 13.3. The summed E-state index contributed by atoms with van der Waals surface area (Å²) in [5.74, 6) is 0.0759. The van der Waals surface area contributed by atoms with E-state index in [4.69, 9.17) is 10.5 Å². The van der Waals surface area contributed by atoms with Crippen LogP contribution in [0.15, 0.2) is 46.9 Å². The highest BCUT2D eigenvalue weighted by Crippen LogP contribution is 2.30. The number of carbonyl (C=O) groups is 1. The van der Waals surface area contributed by atoms with Crippen LogP contribution in [0.5, 0.6) is 5.75 Å². The van der Waals surface area contributed by atoms with Crippen molar-refractivity contribution in [2.45, 2.75) is 26.0 Å². The molecule has 2 unspecified atom stereocenters. The van der Waals surface area contributed by atoms with Gasteiger partial charge in [0.15, 0.2) is 0 Å². The van der Waals surface area contributed by atoms with E-state index in [0.29, 0.717) is 29.5 Å². The van der Waals surface area contributed by atoms with Crippen LogP contribution in [-0.4, -0.2) is 53.2 Å². The van der Waals surface area contributed by atoms with Gasteiger partial charge in [-0.15, -0.1) is 0 Å². The van der Waals surface area contributed by atoms with E-state index in [9.17, 15) is 14.3 Å². The predicted octanol–water partition coefficient (Wildman–Crippen LogP) is 1.59. The number of aliphatic carboxylic acids is 1. The zero-order valence-electron chi connectivity index (χ0n) is 16.0. The Hall–Kier alpha value is -2.91. The van der Waals surface area contributed by atoms with E-state index >= 15 is 0 Å². The molecule has 3 rings (SSSR count). The Morgan fingerprint density at radius 1 is 1.46 bits per heavy atom. The van der Waals surface area contributed by atoms with Crippen molar-refractivity contribution in [3.63, 3.8) is 0 Å². The summed E-state index contributed by atoms with van der Waals surface area (Å²) in [5.41, 5.74) is 6.45. The number of nitrogens with one attached hydrogen (secondary N) is 1. The number of benzene rings is 1. The molecule has 0 radical (unpaired) electrons. The number of rotatable bonds is 6. The van der Waals surface area contributed by atoms with Gasteiger partial charge in [0.05, 0.1) is 18.2 Å². The van der Waals surface area contributed by atoms with Crippen LogP contribution in [0.1, 0.15) is 25.5 Å². The predicted molar refractivity (Wildman–Crippen MR) is 103 cm³/mol. The molecule has 0 spiro atoms. The van der Waals surface area contributed by atoms with Gasteiger partial charge in [-0.2, -0.15) is 0 Å². The Kier molecular flexibility index (Phi) is 5.66. The summed E-state index contributed by atoms with van der Waals surface area (Å²) in [6, 6.07) is 3.85. The fourth-order valence-corrected chi connectivity index (χ4v) is 3.05. The molecule has 0 aromatic heterocycles. The van der Waals surface area contributed by atoms with Crippen molar-refractivity contribution in [1.82, 2.24) is 15.3 Å². The second-order valence-corrected chi connectivity index (χ2v) is 6.77. The highest BCUT2D eigenvalue weighted by atomic mass is 19.1. The van der Waals surface area contributed by atoms with Gasteiger partial charge in [-0.25, -0.2) is 14.2 Å². The molecule has 1 aromatic carbocycles. The van der Waals surface area contributed by atoms with Crippen LogP contribution < -0.4 is 15.8 Å². The number of carboxylic acids is 1. The number of nitrogens with zero attached hydrogens (tertiary/aromatic N) is 3. The van der Waals surface area contributed by atoms with E-state index < -0.39 is 12.0 Å². The van der Waals surface area contributed by atoms with E-state index in [1.165, 1.54) is 12.1 Å². The smallest absolute Gasteiger partial charge is 0.336 e. The average Bonchev–Trinajstić information content (AvgIpc) is 2.99. The molecule has 0 bridgehead atoms. The topological polar surface area (TPSA) is 103 Å². The van der Waals surface area contributed by atoms with Crippen molar-refractivity contribution in [2.75, 3.05) is 20.1 Å². The summed E-state index contributed by atoms with van der Waals surface area (Å²) in [6.07, 6.45) is 3.26. The number of hydrogen-bond acceptors (Lipinski definition) is 6. The molecule has 8 nitrogen and oxygen atoms in total. The van der Waals surface area contributed by atoms with Gasteiger partial charge in [0.2, 0.25) is 0 Å². The second kappa shape index (κ2) is 7.99. The summed E-state index contributed by atoms with van der Waals surface area (Å²) < 4.78 is 19.6. The van der Waals surface area contributed by atoms with Crippen LogP contribution in [0.25, 0.3) is 0 Å². The summed E-state index contributed by atoms with van der Waals surface area (Å²) in [4.78, 5) is 16.1. The molecule has 1 aromatic rings. The number of amidine groups is 1. The van der Waals surface area contributed by atoms with E-state index in [0.717, 1.165) is 0 Å². The Balaban J connectivity index is 1.89. The molecule has 2 aliphatic rings. The molecule has 9 heteroatoms. The Labute approximate surface area is 162 Å². The fraction of sp³-hybridized carbons (Fsp3) is 0.368. The summed E-state index contributed by atoms with van der Waals surface area (Å²) in [5, 5.41) is 16.0. The molecule has 0 saturated carbocycles. The lowest BCUT2D eigenvalue weighted by atomic mass is 10.1. The minimum absolute atomic E-state index is 0.220. The van der Waals surface area contributed by atoms with Gasteiger partial charge in [-0.3, -0.25) is 10.0 Å². The highest BCUT2D eigenvalue weighted by Gasteiger charge is 2.32. The van der Waals surface area contributed by atoms with E-state index in [2.05, 4.69) is 10.3 Å². The molecule has 2 atom stereocenters. The van der Waals surface area contributed by atoms with Gasteiger partial charge in [0.1, 0.15) is 29.3 Å². The Morgan fingerprint density at radius 3 is 2.89 bits per heavy atom. The third-order valence-electron chi connectivity index (χ3n) is 4.56. The molecular weight excluding hydrogens is 365 g/mol. The maximum Gasteiger partial charge on any atom is 0.336 e. The minimum atomic E-state index is -0.990. The number of ether oxygens (including phenoxy) is 1. The second-order valence-electron chi connectivity index (χ2n) is 6.77. The molecule has 2 aliphatic heterocycles. The fourth-order valence-electron chi connectivity index (χ4n) is 3.05. The number of carboxylic acid groups (broad SMARTS) is 1. The number of fused-ring (bicyclic) bond motifs is 1. The van der Waals surface area contributed by atoms with E-state index in [1.54, 1.807) is 35.4 Å². The standard InChI is InChI=1S/C19H24FN5O3/c1-11(9-21)28-16-5-4-13(20)8-14(16)12(2)22-17-6-7-25-18(23-17)15(19(26)27)10-24(25)3/h4-8,11-12H,9-10,21H2,1-3H3,(H,22,23)(H,26,27). The molecule has 28 heavy (non-hydrogen) atoms. The van der Waals surface area contributed by atoms with Crippen molar-refractivity contribution in [1.29, 1.82) is 0 Å². The molecule has 0 aliphatic carbocycles. The first-order valence-electron chi connectivity index (χ1n) is 8.96. The summed E-state index contributed by atoms with van der Waals surface area (Å²) in [7, 11) is 1.79. The number of hydrogen-bond donors (Lipinski definition) is 3. The third kappa shape index (κ3) is 4.00. The van der Waals surface area contributed by atoms with Crippen molar-refractivity contribution < 1.29 is 19.0 Å². The summed E-state index contributed by atoms with van der Waals surface area (Å²) >= 11 is 0. The molecule has 150 valence electrons. The lowest BCUT2D eigenvalue weighted by Gasteiger charge is -2.29. The zero-order chi connectivity index (χ0) is 20.4. The van der Waals surface area contributed by atoms with Gasteiger partial charge in [0, 0.05) is 25.4 Å². The van der Waals surface area contributed by atoms with Crippen LogP contribution in [0.4, 0.5) is 4.39 Å². The van der Waals surface area contributed by atoms with Crippen molar-refractivity contribution >= 4 is 11.8 Å². The normalized spacial score (nSPS) is 20.2. The number of halogens is 1. The third-order valence-corrected chi connectivity index (χ3v) is 4.56. The Morgan fingerprint density at radius 2 is 2.21 bits per heavy atom. The van der Waals surface area contributed by atoms with Crippen molar-refractivity contribution in [3.8, 4) is 5.75 Å².